The average Bonchev–Trinajstić information content (AvgIpc) is 2.84. The summed E-state index contributed by atoms with van der Waals surface area (Å²) in [5.74, 6) is 0.559. The van der Waals surface area contributed by atoms with Gasteiger partial charge in [0.05, 0.1) is 6.04 Å². The standard InChI is InChI=1S/C14H25N5/c1-16-6-7-19(2)10-12-9-17-18-14(12)11-4-3-5-13(15)8-11/h3-5,8,12,14,16-18H,6-7,9-10,15H2,1-2H3. The van der Waals surface area contributed by atoms with Crippen LogP contribution in [0.5, 0.6) is 0 Å². The molecule has 1 aromatic rings. The second-order valence-electron chi connectivity index (χ2n) is 5.30. The van der Waals surface area contributed by atoms with Crippen LogP contribution in [0.15, 0.2) is 24.3 Å². The Labute approximate surface area is 115 Å². The van der Waals surface area contributed by atoms with E-state index >= 15 is 0 Å². The summed E-state index contributed by atoms with van der Waals surface area (Å²) in [6.07, 6.45) is 0. The number of hydrazine groups is 1. The molecule has 1 saturated heterocycles. The molecule has 1 aliphatic rings. The Morgan fingerprint density at radius 1 is 1.47 bits per heavy atom. The minimum atomic E-state index is 0.334. The van der Waals surface area contributed by atoms with E-state index in [2.05, 4.69) is 40.2 Å². The van der Waals surface area contributed by atoms with Crippen molar-refractivity contribution in [1.29, 1.82) is 0 Å². The topological polar surface area (TPSA) is 65.3 Å². The molecule has 2 unspecified atom stereocenters. The van der Waals surface area contributed by atoms with Crippen LogP contribution in [-0.4, -0.2) is 45.2 Å². The summed E-state index contributed by atoms with van der Waals surface area (Å²) in [7, 11) is 4.16. The van der Waals surface area contributed by atoms with E-state index in [1.165, 1.54) is 5.56 Å². The van der Waals surface area contributed by atoms with Gasteiger partial charge < -0.3 is 16.0 Å². The molecule has 0 radical (unpaired) electrons. The van der Waals surface area contributed by atoms with Crippen LogP contribution in [0, 0.1) is 5.92 Å². The second-order valence-corrected chi connectivity index (χ2v) is 5.30. The predicted molar refractivity (Wildman–Crippen MR) is 79.6 cm³/mol. The van der Waals surface area contributed by atoms with Crippen molar-refractivity contribution in [1.82, 2.24) is 21.1 Å². The number of nitrogens with one attached hydrogen (secondary N) is 3. The molecule has 0 aliphatic carbocycles. The lowest BCUT2D eigenvalue weighted by atomic mass is 9.94. The highest BCUT2D eigenvalue weighted by molar-refractivity contribution is 5.42. The van der Waals surface area contributed by atoms with Crippen molar-refractivity contribution in [2.75, 3.05) is 46.0 Å². The van der Waals surface area contributed by atoms with Gasteiger partial charge in [-0.25, -0.2) is 5.43 Å². The average molecular weight is 263 g/mol. The first-order valence-corrected chi connectivity index (χ1v) is 6.87. The molecular weight excluding hydrogens is 238 g/mol. The molecule has 5 nitrogen and oxygen atoms in total. The van der Waals surface area contributed by atoms with E-state index in [1.807, 2.05) is 19.2 Å². The number of hydrogen-bond donors (Lipinski definition) is 4. The third-order valence-electron chi connectivity index (χ3n) is 3.65. The maximum atomic E-state index is 5.87. The van der Waals surface area contributed by atoms with E-state index in [9.17, 15) is 0 Å². The van der Waals surface area contributed by atoms with Gasteiger partial charge in [-0.15, -0.1) is 0 Å². The zero-order valence-electron chi connectivity index (χ0n) is 11.8. The third-order valence-corrected chi connectivity index (χ3v) is 3.65. The van der Waals surface area contributed by atoms with Crippen LogP contribution in [0.25, 0.3) is 0 Å². The van der Waals surface area contributed by atoms with Gasteiger partial charge in [0.25, 0.3) is 0 Å². The van der Waals surface area contributed by atoms with E-state index in [0.29, 0.717) is 12.0 Å². The fourth-order valence-electron chi connectivity index (χ4n) is 2.61. The first-order valence-electron chi connectivity index (χ1n) is 6.87. The van der Waals surface area contributed by atoms with Crippen molar-refractivity contribution in [3.63, 3.8) is 0 Å². The largest absolute Gasteiger partial charge is 0.399 e. The fraction of sp³-hybridized carbons (Fsp3) is 0.571. The quantitative estimate of drug-likeness (QED) is 0.552. The monoisotopic (exact) mass is 263 g/mol. The Balaban J connectivity index is 1.97. The van der Waals surface area contributed by atoms with Gasteiger partial charge in [-0.3, -0.25) is 5.43 Å². The van der Waals surface area contributed by atoms with Crippen LogP contribution in [0.1, 0.15) is 11.6 Å². The van der Waals surface area contributed by atoms with Crippen molar-refractivity contribution in [3.8, 4) is 0 Å². The van der Waals surface area contributed by atoms with Gasteiger partial charge in [0.1, 0.15) is 0 Å². The molecule has 1 aromatic carbocycles. The van der Waals surface area contributed by atoms with Crippen molar-refractivity contribution in [3.05, 3.63) is 29.8 Å². The van der Waals surface area contributed by atoms with Gasteiger partial charge in [-0.1, -0.05) is 12.1 Å². The van der Waals surface area contributed by atoms with Gasteiger partial charge in [-0.2, -0.15) is 0 Å². The fourth-order valence-corrected chi connectivity index (χ4v) is 2.61. The molecule has 1 heterocycles. The molecule has 0 amide bonds. The van der Waals surface area contributed by atoms with Gasteiger partial charge in [-0.05, 0) is 31.8 Å². The molecule has 0 saturated carbocycles. The minimum Gasteiger partial charge on any atom is -0.399 e. The summed E-state index contributed by atoms with van der Waals surface area (Å²) in [5.41, 5.74) is 14.6. The number of likely N-dealkylation sites (N-methyl/N-ethyl adjacent to an activating group) is 2. The molecule has 0 bridgehead atoms. The van der Waals surface area contributed by atoms with Crippen LogP contribution in [0.2, 0.25) is 0 Å². The van der Waals surface area contributed by atoms with Crippen LogP contribution in [-0.2, 0) is 0 Å². The van der Waals surface area contributed by atoms with Gasteiger partial charge in [0, 0.05) is 37.8 Å². The summed E-state index contributed by atoms with van der Waals surface area (Å²) in [6.45, 7) is 4.15. The molecule has 2 atom stereocenters. The molecule has 106 valence electrons. The zero-order valence-corrected chi connectivity index (χ0v) is 11.8. The number of anilines is 1. The highest BCUT2D eigenvalue weighted by Gasteiger charge is 2.28. The molecule has 2 rings (SSSR count). The molecule has 1 fully saturated rings. The van der Waals surface area contributed by atoms with Crippen molar-refractivity contribution in [2.24, 2.45) is 5.92 Å². The molecule has 0 aromatic heterocycles. The number of rotatable bonds is 6. The number of nitrogens with two attached hydrogens (primary N) is 1. The van der Waals surface area contributed by atoms with Crippen LogP contribution >= 0.6 is 0 Å². The SMILES string of the molecule is CNCCN(C)CC1CNNC1c1cccc(N)c1. The Morgan fingerprint density at radius 3 is 3.05 bits per heavy atom. The molecule has 5 heteroatoms. The van der Waals surface area contributed by atoms with Crippen molar-refractivity contribution < 1.29 is 0 Å². The van der Waals surface area contributed by atoms with E-state index < -0.39 is 0 Å². The lowest BCUT2D eigenvalue weighted by Crippen LogP contribution is -2.34. The Bertz CT molecular complexity index is 395. The first kappa shape index (κ1) is 14.3. The lowest BCUT2D eigenvalue weighted by molar-refractivity contribution is 0.270. The van der Waals surface area contributed by atoms with E-state index in [-0.39, 0.29) is 0 Å². The second kappa shape index (κ2) is 6.86. The van der Waals surface area contributed by atoms with Gasteiger partial charge in [0.2, 0.25) is 0 Å². The Kier molecular flexibility index (Phi) is 5.15. The Hall–Kier alpha value is -1.14. The van der Waals surface area contributed by atoms with Crippen LogP contribution in [0.3, 0.4) is 0 Å². The third kappa shape index (κ3) is 3.91. The first-order chi connectivity index (χ1) is 9.20. The zero-order chi connectivity index (χ0) is 13.7. The number of nitrogen functional groups attached to an aromatic ring is 1. The predicted octanol–water partition coefficient (Wildman–Crippen LogP) is 0.185. The lowest BCUT2D eigenvalue weighted by Gasteiger charge is -2.24. The molecule has 1 aliphatic heterocycles. The number of hydrogen-bond acceptors (Lipinski definition) is 5. The molecule has 0 spiro atoms. The summed E-state index contributed by atoms with van der Waals surface area (Å²) < 4.78 is 0. The molecular formula is C14H25N5. The smallest absolute Gasteiger partial charge is 0.0516 e. The van der Waals surface area contributed by atoms with E-state index in [4.69, 9.17) is 5.73 Å². The van der Waals surface area contributed by atoms with Gasteiger partial charge >= 0.3 is 0 Å². The van der Waals surface area contributed by atoms with Crippen molar-refractivity contribution >= 4 is 5.69 Å². The summed E-state index contributed by atoms with van der Waals surface area (Å²) in [6, 6.07) is 8.49. The minimum absolute atomic E-state index is 0.334. The highest BCUT2D eigenvalue weighted by Crippen LogP contribution is 2.26. The van der Waals surface area contributed by atoms with E-state index in [1.54, 1.807) is 0 Å². The van der Waals surface area contributed by atoms with Crippen molar-refractivity contribution in [2.45, 2.75) is 6.04 Å². The number of nitrogens with zero attached hydrogens (tertiary/aromatic N) is 1. The summed E-state index contributed by atoms with van der Waals surface area (Å²) in [5, 5.41) is 3.18. The molecule has 5 N–H and O–H groups in total. The maximum Gasteiger partial charge on any atom is 0.0516 e. The van der Waals surface area contributed by atoms with E-state index in [0.717, 1.165) is 31.9 Å². The highest BCUT2D eigenvalue weighted by atomic mass is 15.4. The maximum absolute atomic E-state index is 5.87. The Morgan fingerprint density at radius 2 is 2.32 bits per heavy atom. The van der Waals surface area contributed by atoms with Crippen LogP contribution in [0.4, 0.5) is 5.69 Å². The number of benzene rings is 1. The summed E-state index contributed by atoms with van der Waals surface area (Å²) in [4.78, 5) is 2.37. The van der Waals surface area contributed by atoms with Gasteiger partial charge in [0.15, 0.2) is 0 Å². The summed E-state index contributed by atoms with van der Waals surface area (Å²) >= 11 is 0. The molecule has 19 heavy (non-hydrogen) atoms. The normalized spacial score (nSPS) is 23.1. The van der Waals surface area contributed by atoms with Crippen LogP contribution < -0.4 is 21.9 Å².